The molecule has 1 aromatic heterocycles. The monoisotopic (exact) mass is 415 g/mol. The van der Waals surface area contributed by atoms with Crippen LogP contribution in [0.3, 0.4) is 0 Å². The molecule has 0 aliphatic carbocycles. The Morgan fingerprint density at radius 2 is 2.41 bits per heavy atom. The Morgan fingerprint density at radius 3 is 3.18 bits per heavy atom. The van der Waals surface area contributed by atoms with Crippen molar-refractivity contribution in [3.05, 3.63) is 49.7 Å². The van der Waals surface area contributed by atoms with E-state index in [4.69, 9.17) is 9.47 Å². The van der Waals surface area contributed by atoms with E-state index in [-0.39, 0.29) is 11.7 Å². The van der Waals surface area contributed by atoms with Crippen molar-refractivity contribution in [3.8, 4) is 6.01 Å². The Kier molecular flexibility index (Phi) is 4.57. The zero-order valence-corrected chi connectivity index (χ0v) is 13.8. The van der Waals surface area contributed by atoms with Crippen molar-refractivity contribution in [1.82, 2.24) is 9.55 Å². The average Bonchev–Trinajstić information content (AvgIpc) is 2.91. The molecule has 0 radical (unpaired) electrons. The fourth-order valence-corrected chi connectivity index (χ4v) is 2.92. The molecular formula is C14H14IN3O4. The smallest absolute Gasteiger partial charge is 0.414 e. The summed E-state index contributed by atoms with van der Waals surface area (Å²) in [7, 11) is 0. The number of halogens is 1. The molecule has 3 rings (SSSR count). The van der Waals surface area contributed by atoms with Gasteiger partial charge in [0.1, 0.15) is 12.8 Å². The third-order valence-electron chi connectivity index (χ3n) is 3.33. The molecule has 22 heavy (non-hydrogen) atoms. The first-order valence-corrected chi connectivity index (χ1v) is 7.86. The molecule has 8 heteroatoms. The van der Waals surface area contributed by atoms with Gasteiger partial charge in [-0.1, -0.05) is 12.1 Å². The number of ether oxygens (including phenoxy) is 2. The highest BCUT2D eigenvalue weighted by molar-refractivity contribution is 14.1. The van der Waals surface area contributed by atoms with Gasteiger partial charge in [0.15, 0.2) is 0 Å². The van der Waals surface area contributed by atoms with Crippen molar-refractivity contribution >= 4 is 28.4 Å². The summed E-state index contributed by atoms with van der Waals surface area (Å²) >= 11 is 2.27. The van der Waals surface area contributed by atoms with Gasteiger partial charge in [-0.15, -0.1) is 0 Å². The van der Waals surface area contributed by atoms with Gasteiger partial charge in [0, 0.05) is 21.0 Å². The van der Waals surface area contributed by atoms with Gasteiger partial charge >= 0.3 is 11.8 Å². The third-order valence-corrected chi connectivity index (χ3v) is 4.00. The number of nitrogens with zero attached hydrogens (tertiary/aromatic N) is 3. The molecule has 0 saturated carbocycles. The molecule has 2 heterocycles. The first kappa shape index (κ1) is 15.2. The van der Waals surface area contributed by atoms with Gasteiger partial charge in [-0.05, 0) is 45.2 Å². The molecule has 0 N–H and O–H groups in total. The number of imidazole rings is 1. The van der Waals surface area contributed by atoms with Crippen LogP contribution in [0.5, 0.6) is 6.01 Å². The Morgan fingerprint density at radius 1 is 1.55 bits per heavy atom. The molecule has 7 nitrogen and oxygen atoms in total. The highest BCUT2D eigenvalue weighted by Gasteiger charge is 2.27. The van der Waals surface area contributed by atoms with Gasteiger partial charge in [-0.3, -0.25) is 4.57 Å². The second kappa shape index (κ2) is 6.61. The van der Waals surface area contributed by atoms with E-state index in [1.807, 2.05) is 18.2 Å². The lowest BCUT2D eigenvalue weighted by Gasteiger charge is -2.21. The van der Waals surface area contributed by atoms with Gasteiger partial charge in [-0.25, -0.2) is 0 Å². The first-order chi connectivity index (χ1) is 10.6. The van der Waals surface area contributed by atoms with E-state index < -0.39 is 4.92 Å². The maximum absolute atomic E-state index is 10.7. The van der Waals surface area contributed by atoms with E-state index in [9.17, 15) is 10.1 Å². The maximum atomic E-state index is 10.7. The van der Waals surface area contributed by atoms with E-state index in [1.54, 1.807) is 4.57 Å². The predicted octanol–water partition coefficient (Wildman–Crippen LogP) is 2.62. The molecule has 0 fully saturated rings. The summed E-state index contributed by atoms with van der Waals surface area (Å²) in [6, 6.07) is 8.44. The van der Waals surface area contributed by atoms with Crippen LogP contribution < -0.4 is 4.74 Å². The SMILES string of the molecule is O=[N+]([O-])c1cn2c(n1)OCC(COCc1cccc(I)c1)C2. The van der Waals surface area contributed by atoms with Crippen LogP contribution in [-0.2, 0) is 17.9 Å². The number of aromatic nitrogens is 2. The molecule has 0 saturated heterocycles. The van der Waals surface area contributed by atoms with Crippen molar-refractivity contribution in [2.75, 3.05) is 13.2 Å². The lowest BCUT2D eigenvalue weighted by molar-refractivity contribution is -0.389. The van der Waals surface area contributed by atoms with Gasteiger partial charge < -0.3 is 19.6 Å². The van der Waals surface area contributed by atoms with Crippen LogP contribution >= 0.6 is 22.6 Å². The van der Waals surface area contributed by atoms with Crippen LogP contribution in [0.2, 0.25) is 0 Å². The van der Waals surface area contributed by atoms with Crippen LogP contribution in [0.1, 0.15) is 5.56 Å². The van der Waals surface area contributed by atoms with Crippen molar-refractivity contribution in [3.63, 3.8) is 0 Å². The number of hydrogen-bond donors (Lipinski definition) is 0. The number of benzene rings is 1. The second-order valence-electron chi connectivity index (χ2n) is 5.11. The molecule has 116 valence electrons. The number of nitro groups is 1. The molecular weight excluding hydrogens is 401 g/mol. The van der Waals surface area contributed by atoms with E-state index in [0.717, 1.165) is 5.56 Å². The minimum absolute atomic E-state index is 0.157. The Labute approximate surface area is 140 Å². The average molecular weight is 415 g/mol. The molecule has 2 aromatic rings. The Bertz CT molecular complexity index is 688. The van der Waals surface area contributed by atoms with E-state index >= 15 is 0 Å². The fraction of sp³-hybridized carbons (Fsp3) is 0.357. The summed E-state index contributed by atoms with van der Waals surface area (Å²) in [6.45, 7) is 2.16. The minimum Gasteiger partial charge on any atom is -0.445 e. The molecule has 0 spiro atoms. The van der Waals surface area contributed by atoms with E-state index in [2.05, 4.69) is 33.6 Å². The Hall–Kier alpha value is -1.68. The highest BCUT2D eigenvalue weighted by atomic mass is 127. The Balaban J connectivity index is 1.53. The standard InChI is InChI=1S/C14H14IN3O4/c15-12-3-1-2-10(4-12)7-21-8-11-5-17-6-13(18(19)20)16-14(17)22-9-11/h1-4,6,11H,5,7-9H2. The summed E-state index contributed by atoms with van der Waals surface area (Å²) in [5, 5.41) is 10.7. The third kappa shape index (κ3) is 3.55. The lowest BCUT2D eigenvalue weighted by atomic mass is 10.1. The normalized spacial score (nSPS) is 16.9. The molecule has 0 amide bonds. The molecule has 1 aliphatic rings. The number of hydrogen-bond acceptors (Lipinski definition) is 5. The zero-order valence-electron chi connectivity index (χ0n) is 11.6. The van der Waals surface area contributed by atoms with Crippen LogP contribution in [0.4, 0.5) is 5.82 Å². The lowest BCUT2D eigenvalue weighted by Crippen LogP contribution is -2.28. The summed E-state index contributed by atoms with van der Waals surface area (Å²) < 4.78 is 14.0. The number of fused-ring (bicyclic) bond motifs is 1. The van der Waals surface area contributed by atoms with Crippen LogP contribution in [0.15, 0.2) is 30.5 Å². The van der Waals surface area contributed by atoms with Gasteiger partial charge in [0.05, 0.1) is 13.2 Å². The first-order valence-electron chi connectivity index (χ1n) is 6.78. The minimum atomic E-state index is -0.517. The molecule has 1 aliphatic heterocycles. The summed E-state index contributed by atoms with van der Waals surface area (Å²) in [4.78, 5) is 14.0. The van der Waals surface area contributed by atoms with Gasteiger partial charge in [0.2, 0.25) is 0 Å². The quantitative estimate of drug-likeness (QED) is 0.426. The van der Waals surface area contributed by atoms with E-state index in [1.165, 1.54) is 9.77 Å². The van der Waals surface area contributed by atoms with Crippen molar-refractivity contribution in [2.45, 2.75) is 13.2 Å². The number of rotatable bonds is 5. The van der Waals surface area contributed by atoms with E-state index in [0.29, 0.717) is 32.4 Å². The molecule has 1 aromatic carbocycles. The van der Waals surface area contributed by atoms with Crippen molar-refractivity contribution < 1.29 is 14.4 Å². The fourth-order valence-electron chi connectivity index (χ4n) is 2.31. The topological polar surface area (TPSA) is 79.4 Å². The maximum Gasteiger partial charge on any atom is 0.414 e. The summed E-state index contributed by atoms with van der Waals surface area (Å²) in [5.41, 5.74) is 1.13. The van der Waals surface area contributed by atoms with Crippen molar-refractivity contribution in [1.29, 1.82) is 0 Å². The van der Waals surface area contributed by atoms with Crippen LogP contribution in [-0.4, -0.2) is 27.7 Å². The summed E-state index contributed by atoms with van der Waals surface area (Å²) in [5.74, 6) is -0.0282. The largest absolute Gasteiger partial charge is 0.445 e. The van der Waals surface area contributed by atoms with Crippen molar-refractivity contribution in [2.24, 2.45) is 5.92 Å². The van der Waals surface area contributed by atoms with Crippen LogP contribution in [0.25, 0.3) is 0 Å². The summed E-state index contributed by atoms with van der Waals surface area (Å²) in [6.07, 6.45) is 1.40. The molecule has 1 unspecified atom stereocenters. The molecule has 0 bridgehead atoms. The zero-order chi connectivity index (χ0) is 15.5. The van der Waals surface area contributed by atoms with Gasteiger partial charge in [-0.2, -0.15) is 0 Å². The molecule has 1 atom stereocenters. The van der Waals surface area contributed by atoms with Crippen LogP contribution in [0, 0.1) is 19.6 Å². The second-order valence-corrected chi connectivity index (χ2v) is 6.36. The predicted molar refractivity (Wildman–Crippen MR) is 86.7 cm³/mol. The highest BCUT2D eigenvalue weighted by Crippen LogP contribution is 2.24. The van der Waals surface area contributed by atoms with Gasteiger partial charge in [0.25, 0.3) is 0 Å².